The molecule has 0 saturated carbocycles. The predicted molar refractivity (Wildman–Crippen MR) is 105 cm³/mol. The molecule has 4 rings (SSSR count). The lowest BCUT2D eigenvalue weighted by Gasteiger charge is -2.18. The van der Waals surface area contributed by atoms with Gasteiger partial charge in [-0.05, 0) is 29.9 Å². The van der Waals surface area contributed by atoms with Crippen LogP contribution >= 0.6 is 0 Å². The third-order valence-corrected chi connectivity index (χ3v) is 4.51. The molecule has 0 amide bonds. The SMILES string of the molecule is CC(C)(C)c1ccc(-c2cc(F)c3cnc(N)nn23)nc1.OC1CCCOC1. The van der Waals surface area contributed by atoms with E-state index in [2.05, 4.69) is 35.8 Å². The van der Waals surface area contributed by atoms with E-state index in [1.54, 1.807) is 6.20 Å². The molecule has 4 heterocycles. The van der Waals surface area contributed by atoms with Gasteiger partial charge in [-0.25, -0.2) is 13.9 Å². The van der Waals surface area contributed by atoms with Gasteiger partial charge in [0.2, 0.25) is 5.95 Å². The van der Waals surface area contributed by atoms with Gasteiger partial charge in [0, 0.05) is 18.9 Å². The number of anilines is 1. The summed E-state index contributed by atoms with van der Waals surface area (Å²) >= 11 is 0. The molecule has 1 saturated heterocycles. The number of aliphatic hydroxyl groups is 1. The van der Waals surface area contributed by atoms with E-state index >= 15 is 0 Å². The smallest absolute Gasteiger partial charge is 0.238 e. The standard InChI is InChI=1S/C15H16FN5.C5H10O2/c1-15(2,3)9-4-5-11(18-7-9)12-6-10(16)13-8-19-14(17)20-21(12)13;6-5-2-1-3-7-4-5/h4-8H,1-3H3,(H2,17,20);5-6H,1-4H2. The van der Waals surface area contributed by atoms with Crippen LogP contribution in [-0.4, -0.2) is 44.0 Å². The average Bonchev–Trinajstić information content (AvgIpc) is 2.98. The summed E-state index contributed by atoms with van der Waals surface area (Å²) in [5, 5.41) is 12.8. The van der Waals surface area contributed by atoms with Crippen LogP contribution < -0.4 is 5.73 Å². The molecule has 3 N–H and O–H groups in total. The number of nitrogens with two attached hydrogens (primary N) is 1. The van der Waals surface area contributed by atoms with Gasteiger partial charge in [-0.2, -0.15) is 0 Å². The van der Waals surface area contributed by atoms with Crippen molar-refractivity contribution >= 4 is 11.5 Å². The Bertz CT molecular complexity index is 928. The summed E-state index contributed by atoms with van der Waals surface area (Å²) in [4.78, 5) is 8.23. The van der Waals surface area contributed by atoms with Crippen molar-refractivity contribution in [3.8, 4) is 11.4 Å². The van der Waals surface area contributed by atoms with Gasteiger partial charge < -0.3 is 15.6 Å². The highest BCUT2D eigenvalue weighted by molar-refractivity contribution is 5.64. The Morgan fingerprint density at radius 1 is 1.25 bits per heavy atom. The Kier molecular flexibility index (Phi) is 5.90. The highest BCUT2D eigenvalue weighted by Crippen LogP contribution is 2.26. The summed E-state index contributed by atoms with van der Waals surface area (Å²) in [7, 11) is 0. The minimum atomic E-state index is -0.397. The van der Waals surface area contributed by atoms with Crippen LogP contribution in [0.4, 0.5) is 10.3 Å². The maximum atomic E-state index is 13.9. The molecule has 7 nitrogen and oxygen atoms in total. The van der Waals surface area contributed by atoms with E-state index in [1.165, 1.54) is 16.8 Å². The summed E-state index contributed by atoms with van der Waals surface area (Å²) in [5.74, 6) is -0.308. The maximum absolute atomic E-state index is 13.9. The molecule has 0 bridgehead atoms. The van der Waals surface area contributed by atoms with E-state index in [9.17, 15) is 4.39 Å². The first-order valence-corrected chi connectivity index (χ1v) is 9.28. The zero-order valence-corrected chi connectivity index (χ0v) is 16.4. The molecule has 1 aliphatic rings. The van der Waals surface area contributed by atoms with Crippen molar-refractivity contribution < 1.29 is 14.2 Å². The number of hydrogen-bond donors (Lipinski definition) is 2. The molecule has 0 radical (unpaired) electrons. The summed E-state index contributed by atoms with van der Waals surface area (Å²) in [6, 6.07) is 5.24. The molecule has 3 aromatic rings. The topological polar surface area (TPSA) is 98.6 Å². The van der Waals surface area contributed by atoms with Crippen molar-refractivity contribution in [3.05, 3.63) is 42.0 Å². The lowest BCUT2D eigenvalue weighted by atomic mass is 9.88. The Balaban J connectivity index is 0.000000271. The first-order valence-electron chi connectivity index (χ1n) is 9.28. The molecule has 0 aliphatic carbocycles. The van der Waals surface area contributed by atoms with Crippen molar-refractivity contribution in [1.29, 1.82) is 0 Å². The fourth-order valence-electron chi connectivity index (χ4n) is 2.86. The fourth-order valence-corrected chi connectivity index (χ4v) is 2.86. The Labute approximate surface area is 163 Å². The van der Waals surface area contributed by atoms with Crippen molar-refractivity contribution in [3.63, 3.8) is 0 Å². The van der Waals surface area contributed by atoms with E-state index in [1.807, 2.05) is 12.1 Å². The van der Waals surface area contributed by atoms with Gasteiger partial charge in [0.05, 0.1) is 30.3 Å². The van der Waals surface area contributed by atoms with Gasteiger partial charge >= 0.3 is 0 Å². The highest BCUT2D eigenvalue weighted by Gasteiger charge is 2.17. The Morgan fingerprint density at radius 2 is 2.04 bits per heavy atom. The van der Waals surface area contributed by atoms with Gasteiger partial charge in [0.25, 0.3) is 0 Å². The van der Waals surface area contributed by atoms with Gasteiger partial charge in [0.15, 0.2) is 5.82 Å². The normalized spacial score (nSPS) is 17.2. The fraction of sp³-hybridized carbons (Fsp3) is 0.450. The highest BCUT2D eigenvalue weighted by atomic mass is 19.1. The molecule has 0 aromatic carbocycles. The second-order valence-corrected chi connectivity index (χ2v) is 7.84. The number of pyridine rings is 1. The third kappa shape index (κ3) is 4.63. The molecule has 28 heavy (non-hydrogen) atoms. The quantitative estimate of drug-likeness (QED) is 0.666. The molecule has 1 atom stereocenters. The molecule has 0 spiro atoms. The first kappa shape index (κ1) is 20.2. The Morgan fingerprint density at radius 3 is 2.57 bits per heavy atom. The van der Waals surface area contributed by atoms with Crippen LogP contribution in [0.2, 0.25) is 0 Å². The molecular formula is C20H26FN5O2. The minimum Gasteiger partial charge on any atom is -0.391 e. The van der Waals surface area contributed by atoms with Gasteiger partial charge in [-0.3, -0.25) is 4.98 Å². The average molecular weight is 387 g/mol. The van der Waals surface area contributed by atoms with Crippen LogP contribution in [0.1, 0.15) is 39.2 Å². The van der Waals surface area contributed by atoms with Crippen LogP contribution in [0, 0.1) is 5.82 Å². The summed E-state index contributed by atoms with van der Waals surface area (Å²) in [5.41, 5.74) is 8.18. The number of nitrogens with zero attached hydrogens (tertiary/aromatic N) is 4. The number of rotatable bonds is 1. The lowest BCUT2D eigenvalue weighted by Crippen LogP contribution is -2.21. The molecular weight excluding hydrogens is 361 g/mol. The summed E-state index contributed by atoms with van der Waals surface area (Å²) in [6.07, 6.45) is 4.91. The van der Waals surface area contributed by atoms with E-state index in [0.717, 1.165) is 25.0 Å². The number of ether oxygens (including phenoxy) is 1. The lowest BCUT2D eigenvalue weighted by molar-refractivity contribution is -0.00535. The van der Waals surface area contributed by atoms with Crippen LogP contribution in [0.25, 0.3) is 16.9 Å². The summed E-state index contributed by atoms with van der Waals surface area (Å²) < 4.78 is 20.3. The van der Waals surface area contributed by atoms with E-state index in [-0.39, 0.29) is 23.0 Å². The zero-order valence-electron chi connectivity index (χ0n) is 16.4. The number of aliphatic hydroxyl groups excluding tert-OH is 1. The number of fused-ring (bicyclic) bond motifs is 1. The van der Waals surface area contributed by atoms with Crippen molar-refractivity contribution in [1.82, 2.24) is 19.6 Å². The van der Waals surface area contributed by atoms with Crippen LogP contribution in [0.3, 0.4) is 0 Å². The zero-order chi connectivity index (χ0) is 20.3. The van der Waals surface area contributed by atoms with E-state index in [4.69, 9.17) is 15.6 Å². The summed E-state index contributed by atoms with van der Waals surface area (Å²) in [6.45, 7) is 7.72. The maximum Gasteiger partial charge on any atom is 0.238 e. The van der Waals surface area contributed by atoms with Gasteiger partial charge in [-0.15, -0.1) is 5.10 Å². The van der Waals surface area contributed by atoms with Crippen molar-refractivity contribution in [2.75, 3.05) is 18.9 Å². The van der Waals surface area contributed by atoms with Gasteiger partial charge in [-0.1, -0.05) is 26.8 Å². The second-order valence-electron chi connectivity index (χ2n) is 7.84. The number of halogens is 1. The number of aromatic nitrogens is 4. The predicted octanol–water partition coefficient (Wildman–Crippen LogP) is 2.97. The van der Waals surface area contributed by atoms with Crippen molar-refractivity contribution in [2.24, 2.45) is 0 Å². The van der Waals surface area contributed by atoms with Crippen LogP contribution in [0.15, 0.2) is 30.6 Å². The van der Waals surface area contributed by atoms with E-state index < -0.39 is 5.82 Å². The minimum absolute atomic E-state index is 0.0185. The molecule has 3 aromatic heterocycles. The molecule has 8 heteroatoms. The Hall–Kier alpha value is -2.58. The van der Waals surface area contributed by atoms with E-state index in [0.29, 0.717) is 18.0 Å². The first-order chi connectivity index (χ1) is 13.3. The number of hydrogen-bond acceptors (Lipinski definition) is 6. The number of nitrogen functional groups attached to an aromatic ring is 1. The van der Waals surface area contributed by atoms with Crippen LogP contribution in [0.5, 0.6) is 0 Å². The molecule has 1 unspecified atom stereocenters. The van der Waals surface area contributed by atoms with Gasteiger partial charge in [0.1, 0.15) is 5.52 Å². The largest absolute Gasteiger partial charge is 0.391 e. The molecule has 1 fully saturated rings. The van der Waals surface area contributed by atoms with Crippen molar-refractivity contribution in [2.45, 2.75) is 45.1 Å². The second kappa shape index (κ2) is 8.20. The molecule has 150 valence electrons. The monoisotopic (exact) mass is 387 g/mol. The molecule has 1 aliphatic heterocycles. The third-order valence-electron chi connectivity index (χ3n) is 4.51. The van der Waals surface area contributed by atoms with Crippen LogP contribution in [-0.2, 0) is 10.2 Å².